The van der Waals surface area contributed by atoms with Crippen LogP contribution in [0, 0.1) is 0 Å². The van der Waals surface area contributed by atoms with E-state index in [1.165, 1.54) is 16.1 Å². The van der Waals surface area contributed by atoms with Gasteiger partial charge in [0.05, 0.1) is 11.5 Å². The van der Waals surface area contributed by atoms with Gasteiger partial charge in [0.25, 0.3) is 0 Å². The Labute approximate surface area is 136 Å². The zero-order valence-electron chi connectivity index (χ0n) is 12.9. The molecule has 22 heavy (non-hydrogen) atoms. The Morgan fingerprint density at radius 2 is 1.95 bits per heavy atom. The van der Waals surface area contributed by atoms with Crippen LogP contribution in [0.15, 0.2) is 0 Å². The van der Waals surface area contributed by atoms with Crippen LogP contribution in [0.2, 0.25) is 0 Å². The first kappa shape index (κ1) is 19.2. The Morgan fingerprint density at radius 3 is 2.50 bits per heavy atom. The second-order valence-corrected chi connectivity index (χ2v) is 8.52. The quantitative estimate of drug-likeness (QED) is 0.565. The normalized spacial score (nSPS) is 17.3. The van der Waals surface area contributed by atoms with E-state index in [4.69, 9.17) is 5.73 Å². The molecule has 1 heterocycles. The van der Waals surface area contributed by atoms with Gasteiger partial charge >= 0.3 is 0 Å². The van der Waals surface area contributed by atoms with Gasteiger partial charge in [0.2, 0.25) is 21.8 Å². The van der Waals surface area contributed by atoms with Crippen LogP contribution in [-0.2, 0) is 19.6 Å². The number of primary amides is 1. The summed E-state index contributed by atoms with van der Waals surface area (Å²) in [6.07, 6.45) is 2.24. The van der Waals surface area contributed by atoms with E-state index in [0.29, 0.717) is 44.5 Å². The number of nitrogens with one attached hydrogen (secondary N) is 1. The van der Waals surface area contributed by atoms with Crippen molar-refractivity contribution < 1.29 is 18.0 Å². The molecule has 1 fully saturated rings. The van der Waals surface area contributed by atoms with Gasteiger partial charge < -0.3 is 11.1 Å². The molecule has 7 nitrogen and oxygen atoms in total. The first-order chi connectivity index (χ1) is 10.3. The summed E-state index contributed by atoms with van der Waals surface area (Å²) in [5.41, 5.74) is 5.01. The molecule has 0 aromatic heterocycles. The number of amides is 2. The van der Waals surface area contributed by atoms with E-state index in [-0.39, 0.29) is 29.4 Å². The summed E-state index contributed by atoms with van der Waals surface area (Å²) in [6, 6.07) is 0.0294. The fourth-order valence-electron chi connectivity index (χ4n) is 2.30. The standard InChI is InChI=1S/C13H25N3O4S2/c1-2-9-22(19,20)16-6-3-11(4-7-16)15-13(18)5-8-21-10-12(14)17/h11H,2-10H2,1H3,(H2,14,17)(H,15,18). The van der Waals surface area contributed by atoms with Crippen LogP contribution in [-0.4, -0.2) is 60.9 Å². The number of rotatable bonds is 9. The summed E-state index contributed by atoms with van der Waals surface area (Å²) in [4.78, 5) is 22.3. The van der Waals surface area contributed by atoms with Crippen molar-refractivity contribution in [2.24, 2.45) is 5.73 Å². The van der Waals surface area contributed by atoms with Crippen molar-refractivity contribution in [2.75, 3.05) is 30.3 Å². The zero-order chi connectivity index (χ0) is 16.6. The minimum Gasteiger partial charge on any atom is -0.369 e. The van der Waals surface area contributed by atoms with E-state index in [9.17, 15) is 18.0 Å². The van der Waals surface area contributed by atoms with Crippen LogP contribution < -0.4 is 11.1 Å². The van der Waals surface area contributed by atoms with E-state index in [1.807, 2.05) is 6.92 Å². The fraction of sp³-hybridized carbons (Fsp3) is 0.846. The molecule has 9 heteroatoms. The Kier molecular flexibility index (Phi) is 8.19. The molecule has 0 radical (unpaired) electrons. The van der Waals surface area contributed by atoms with Gasteiger partial charge in [-0.15, -0.1) is 0 Å². The molecule has 0 atom stereocenters. The number of hydrogen-bond donors (Lipinski definition) is 2. The van der Waals surface area contributed by atoms with Crippen LogP contribution >= 0.6 is 11.8 Å². The average Bonchev–Trinajstić information content (AvgIpc) is 2.44. The van der Waals surface area contributed by atoms with Gasteiger partial charge in [-0.25, -0.2) is 12.7 Å². The first-order valence-corrected chi connectivity index (χ1v) is 10.2. The molecule has 0 saturated carbocycles. The summed E-state index contributed by atoms with van der Waals surface area (Å²) in [5, 5.41) is 2.92. The Balaban J connectivity index is 2.25. The van der Waals surface area contributed by atoms with E-state index in [0.717, 1.165) is 0 Å². The van der Waals surface area contributed by atoms with Crippen LogP contribution in [0.4, 0.5) is 0 Å². The summed E-state index contributed by atoms with van der Waals surface area (Å²) < 4.78 is 25.4. The second kappa shape index (κ2) is 9.36. The van der Waals surface area contributed by atoms with E-state index >= 15 is 0 Å². The number of carbonyl (C=O) groups excluding carboxylic acids is 2. The summed E-state index contributed by atoms with van der Waals surface area (Å²) in [5.74, 6) is 0.513. The molecule has 2 amide bonds. The van der Waals surface area contributed by atoms with Crippen LogP contribution in [0.5, 0.6) is 0 Å². The number of carbonyl (C=O) groups is 2. The number of sulfonamides is 1. The molecule has 0 aromatic rings. The average molecular weight is 351 g/mol. The van der Waals surface area contributed by atoms with E-state index < -0.39 is 10.0 Å². The molecule has 1 saturated heterocycles. The minimum absolute atomic E-state index is 0.0294. The largest absolute Gasteiger partial charge is 0.369 e. The maximum atomic E-state index is 11.9. The van der Waals surface area contributed by atoms with Gasteiger partial charge in [0.15, 0.2) is 0 Å². The van der Waals surface area contributed by atoms with Crippen molar-refractivity contribution in [3.05, 3.63) is 0 Å². The molecular weight excluding hydrogens is 326 g/mol. The van der Waals surface area contributed by atoms with Crippen LogP contribution in [0.3, 0.4) is 0 Å². The lowest BCUT2D eigenvalue weighted by molar-refractivity contribution is -0.121. The van der Waals surface area contributed by atoms with Gasteiger partial charge in [0, 0.05) is 31.3 Å². The van der Waals surface area contributed by atoms with Gasteiger partial charge in [-0.05, 0) is 19.3 Å². The molecular formula is C13H25N3O4S2. The van der Waals surface area contributed by atoms with Crippen molar-refractivity contribution in [1.82, 2.24) is 9.62 Å². The monoisotopic (exact) mass is 351 g/mol. The molecule has 0 bridgehead atoms. The highest BCUT2D eigenvalue weighted by Gasteiger charge is 2.27. The maximum absolute atomic E-state index is 11.9. The summed E-state index contributed by atoms with van der Waals surface area (Å²) in [7, 11) is -3.14. The number of hydrogen-bond acceptors (Lipinski definition) is 5. The van der Waals surface area contributed by atoms with Crippen molar-refractivity contribution in [1.29, 1.82) is 0 Å². The Hall–Kier alpha value is -0.800. The predicted molar refractivity (Wildman–Crippen MR) is 88.0 cm³/mol. The fourth-order valence-corrected chi connectivity index (χ4v) is 4.52. The number of piperidine rings is 1. The van der Waals surface area contributed by atoms with Gasteiger partial charge in [0.1, 0.15) is 0 Å². The van der Waals surface area contributed by atoms with Gasteiger partial charge in [-0.1, -0.05) is 6.92 Å². The number of nitrogens with two attached hydrogens (primary N) is 1. The van der Waals surface area contributed by atoms with Crippen molar-refractivity contribution >= 4 is 33.6 Å². The third kappa shape index (κ3) is 6.97. The highest BCUT2D eigenvalue weighted by atomic mass is 32.2. The van der Waals surface area contributed by atoms with E-state index in [1.54, 1.807) is 0 Å². The van der Waals surface area contributed by atoms with Crippen LogP contribution in [0.25, 0.3) is 0 Å². The van der Waals surface area contributed by atoms with Crippen molar-refractivity contribution in [2.45, 2.75) is 38.6 Å². The molecule has 1 rings (SSSR count). The topological polar surface area (TPSA) is 110 Å². The lowest BCUT2D eigenvalue weighted by Gasteiger charge is -2.31. The second-order valence-electron chi connectivity index (χ2n) is 5.33. The molecule has 3 N–H and O–H groups in total. The van der Waals surface area contributed by atoms with E-state index in [2.05, 4.69) is 5.32 Å². The molecule has 0 unspecified atom stereocenters. The van der Waals surface area contributed by atoms with Crippen molar-refractivity contribution in [3.8, 4) is 0 Å². The van der Waals surface area contributed by atoms with Gasteiger partial charge in [-0.3, -0.25) is 9.59 Å². The minimum atomic E-state index is -3.14. The smallest absolute Gasteiger partial charge is 0.227 e. The van der Waals surface area contributed by atoms with Crippen molar-refractivity contribution in [3.63, 3.8) is 0 Å². The molecule has 128 valence electrons. The molecule has 1 aliphatic heterocycles. The lowest BCUT2D eigenvalue weighted by Crippen LogP contribution is -2.47. The summed E-state index contributed by atoms with van der Waals surface area (Å²) in [6.45, 7) is 2.77. The van der Waals surface area contributed by atoms with Gasteiger partial charge in [-0.2, -0.15) is 11.8 Å². The highest BCUT2D eigenvalue weighted by molar-refractivity contribution is 7.99. The first-order valence-electron chi connectivity index (χ1n) is 7.48. The van der Waals surface area contributed by atoms with Crippen LogP contribution in [0.1, 0.15) is 32.6 Å². The molecule has 1 aliphatic rings. The molecule has 0 aliphatic carbocycles. The molecule has 0 aromatic carbocycles. The Bertz CT molecular complexity index is 474. The SMILES string of the molecule is CCCS(=O)(=O)N1CCC(NC(=O)CCSCC(N)=O)CC1. The Morgan fingerprint density at radius 1 is 1.32 bits per heavy atom. The lowest BCUT2D eigenvalue weighted by atomic mass is 10.1. The predicted octanol–water partition coefficient (Wildman–Crippen LogP) is -0.0846. The third-order valence-corrected chi connectivity index (χ3v) is 6.45. The number of thioether (sulfide) groups is 1. The molecule has 0 spiro atoms. The third-order valence-electron chi connectivity index (χ3n) is 3.39. The summed E-state index contributed by atoms with van der Waals surface area (Å²) >= 11 is 1.34. The highest BCUT2D eigenvalue weighted by Crippen LogP contribution is 2.15. The zero-order valence-corrected chi connectivity index (χ0v) is 14.5. The number of nitrogens with zero attached hydrogens (tertiary/aromatic N) is 1. The maximum Gasteiger partial charge on any atom is 0.227 e.